The molecule has 4 heteroatoms. The molecule has 2 heterocycles. The first-order chi connectivity index (χ1) is 28.2. The Bertz CT molecular complexity index is 3220. The van der Waals surface area contributed by atoms with E-state index in [0.717, 1.165) is 33.8 Å². The first-order valence-electron chi connectivity index (χ1n) is 19.2. The molecule has 0 saturated carbocycles. The van der Waals surface area contributed by atoms with Crippen molar-refractivity contribution in [2.24, 2.45) is 0 Å². The third kappa shape index (κ3) is 6.11. The van der Waals surface area contributed by atoms with Gasteiger partial charge in [0, 0.05) is 48.0 Å². The Kier molecular flexibility index (Phi) is 8.99. The van der Waals surface area contributed by atoms with Crippen molar-refractivity contribution in [2.75, 3.05) is 9.80 Å². The van der Waals surface area contributed by atoms with Crippen molar-refractivity contribution in [3.63, 3.8) is 0 Å². The molecule has 0 saturated heterocycles. The Morgan fingerprint density at radius 1 is 0.474 bits per heavy atom. The summed E-state index contributed by atoms with van der Waals surface area (Å²) in [7, 11) is 0. The quantitative estimate of drug-likeness (QED) is 0.152. The molecule has 0 radical (unpaired) electrons. The first-order valence-corrected chi connectivity index (χ1v) is 20.9. The molecule has 57 heavy (non-hydrogen) atoms. The van der Waals surface area contributed by atoms with Crippen molar-refractivity contribution in [1.82, 2.24) is 0 Å². The van der Waals surface area contributed by atoms with E-state index in [2.05, 4.69) is 217 Å². The molecule has 0 aliphatic rings. The van der Waals surface area contributed by atoms with Crippen LogP contribution in [0.4, 0.5) is 34.1 Å². The molecule has 272 valence electrons. The molecular formula is C53H38N2S2. The minimum absolute atomic E-state index is 1.10. The van der Waals surface area contributed by atoms with Crippen molar-refractivity contribution in [2.45, 2.75) is 6.92 Å². The predicted molar refractivity (Wildman–Crippen MR) is 251 cm³/mol. The van der Waals surface area contributed by atoms with Crippen LogP contribution in [0.2, 0.25) is 0 Å². The Morgan fingerprint density at radius 3 is 1.81 bits per heavy atom. The lowest BCUT2D eigenvalue weighted by Crippen LogP contribution is -2.17. The smallest absolute Gasteiger partial charge is 0.0640 e. The van der Waals surface area contributed by atoms with E-state index in [1.807, 2.05) is 28.7 Å². The molecule has 8 aromatic carbocycles. The second kappa shape index (κ2) is 14.7. The van der Waals surface area contributed by atoms with E-state index in [-0.39, 0.29) is 0 Å². The number of benzene rings is 8. The fraction of sp³-hybridized carbons (Fsp3) is 0.0189. The van der Waals surface area contributed by atoms with Crippen LogP contribution in [0.1, 0.15) is 6.92 Å². The van der Waals surface area contributed by atoms with E-state index in [9.17, 15) is 0 Å². The minimum Gasteiger partial charge on any atom is -0.309 e. The molecule has 0 unspecified atom stereocenters. The molecule has 10 rings (SSSR count). The highest BCUT2D eigenvalue weighted by molar-refractivity contribution is 7.26. The normalized spacial score (nSPS) is 12.2. The Balaban J connectivity index is 1.25. The number of nitrogens with zero attached hydrogens (tertiary/aromatic N) is 2. The van der Waals surface area contributed by atoms with Crippen molar-refractivity contribution >= 4 is 110 Å². The van der Waals surface area contributed by atoms with Gasteiger partial charge in [0.05, 0.1) is 26.5 Å². The Hall–Kier alpha value is -6.72. The number of allylic oxidation sites excluding steroid dienone is 1. The summed E-state index contributed by atoms with van der Waals surface area (Å²) in [5.74, 6) is 0. The molecule has 0 bridgehead atoms. The summed E-state index contributed by atoms with van der Waals surface area (Å²) in [6.45, 7) is 6.16. The number of thiophene rings is 2. The number of fused-ring (bicyclic) bond motifs is 5. The summed E-state index contributed by atoms with van der Waals surface area (Å²) in [5, 5.41) is 7.41. The van der Waals surface area contributed by atoms with Crippen LogP contribution in [0.15, 0.2) is 195 Å². The van der Waals surface area contributed by atoms with E-state index in [1.54, 1.807) is 0 Å². The van der Waals surface area contributed by atoms with Gasteiger partial charge < -0.3 is 9.80 Å². The Labute approximate surface area is 340 Å². The standard InChI is InChI=1S/C53H38N2S2/c1-3-18-50-42(4-2)44-26-16-29-48(52(44)56-50)55(40-23-12-7-13-24-40)49-35-38-33-41(32-31-37(38)34-46(49)36-19-8-5-9-20-36)54(39-21-10-6-11-22-39)47-28-17-27-45-43-25-14-15-30-51(43)57-53(45)47/h3-35H,1H2,2H3/b42-4-,50-18+. The van der Waals surface area contributed by atoms with Gasteiger partial charge in [-0.15, -0.1) is 22.7 Å². The lowest BCUT2D eigenvalue weighted by molar-refractivity contribution is 1.30. The Morgan fingerprint density at radius 2 is 1.09 bits per heavy atom. The van der Waals surface area contributed by atoms with E-state index in [1.165, 1.54) is 62.2 Å². The maximum Gasteiger partial charge on any atom is 0.0640 e. The van der Waals surface area contributed by atoms with Crippen molar-refractivity contribution in [3.05, 3.63) is 204 Å². The molecule has 2 nitrogen and oxygen atoms in total. The molecule has 0 aliphatic carbocycles. The number of para-hydroxylation sites is 2. The van der Waals surface area contributed by atoms with Gasteiger partial charge in [-0.1, -0.05) is 134 Å². The molecule has 0 spiro atoms. The molecule has 10 aromatic rings. The van der Waals surface area contributed by atoms with Crippen LogP contribution in [0.5, 0.6) is 0 Å². The van der Waals surface area contributed by atoms with E-state index in [0.29, 0.717) is 0 Å². The molecule has 0 atom stereocenters. The van der Waals surface area contributed by atoms with Gasteiger partial charge in [-0.25, -0.2) is 0 Å². The van der Waals surface area contributed by atoms with Gasteiger partial charge in [0.25, 0.3) is 0 Å². The zero-order valence-corrected chi connectivity index (χ0v) is 33.1. The van der Waals surface area contributed by atoms with Crippen molar-refractivity contribution in [1.29, 1.82) is 0 Å². The van der Waals surface area contributed by atoms with Gasteiger partial charge in [0.15, 0.2) is 0 Å². The SMILES string of the molecule is C=C/C=c1/sc2c(N(c3ccccc3)c3cc4cc(N(c5ccccc5)c5cccc6c5sc5ccccc56)ccc4cc3-c3ccccc3)cccc2/c1=C/C. The lowest BCUT2D eigenvalue weighted by atomic mass is 9.96. The van der Waals surface area contributed by atoms with Crippen molar-refractivity contribution in [3.8, 4) is 11.1 Å². The highest BCUT2D eigenvalue weighted by atomic mass is 32.1. The topological polar surface area (TPSA) is 6.48 Å². The van der Waals surface area contributed by atoms with E-state index >= 15 is 0 Å². The van der Waals surface area contributed by atoms with E-state index < -0.39 is 0 Å². The maximum absolute atomic E-state index is 4.04. The lowest BCUT2D eigenvalue weighted by Gasteiger charge is -2.29. The van der Waals surface area contributed by atoms with Crippen LogP contribution in [0.3, 0.4) is 0 Å². The second-order valence-corrected chi connectivity index (χ2v) is 16.2. The zero-order valence-electron chi connectivity index (χ0n) is 31.5. The highest BCUT2D eigenvalue weighted by Crippen LogP contribution is 2.48. The number of rotatable bonds is 8. The third-order valence-electron chi connectivity index (χ3n) is 10.7. The van der Waals surface area contributed by atoms with Gasteiger partial charge in [0.2, 0.25) is 0 Å². The van der Waals surface area contributed by atoms with Gasteiger partial charge in [-0.3, -0.25) is 0 Å². The average molecular weight is 767 g/mol. The molecule has 0 N–H and O–H groups in total. The summed E-state index contributed by atoms with van der Waals surface area (Å²) in [5.41, 5.74) is 9.10. The summed E-state index contributed by atoms with van der Waals surface area (Å²) < 4.78 is 5.02. The second-order valence-electron chi connectivity index (χ2n) is 14.1. The van der Waals surface area contributed by atoms with Gasteiger partial charge in [-0.05, 0) is 101 Å². The van der Waals surface area contributed by atoms with Crippen LogP contribution < -0.4 is 19.6 Å². The first kappa shape index (κ1) is 34.7. The molecule has 0 amide bonds. The summed E-state index contributed by atoms with van der Waals surface area (Å²) in [4.78, 5) is 4.88. The number of hydrogen-bond donors (Lipinski definition) is 0. The van der Waals surface area contributed by atoms with Crippen LogP contribution >= 0.6 is 22.7 Å². The minimum atomic E-state index is 1.10. The van der Waals surface area contributed by atoms with Crippen LogP contribution in [-0.2, 0) is 0 Å². The van der Waals surface area contributed by atoms with Crippen LogP contribution in [0, 0.1) is 0 Å². The van der Waals surface area contributed by atoms with Gasteiger partial charge in [-0.2, -0.15) is 0 Å². The highest BCUT2D eigenvalue weighted by Gasteiger charge is 2.23. The van der Waals surface area contributed by atoms with E-state index in [4.69, 9.17) is 0 Å². The fourth-order valence-corrected chi connectivity index (χ4v) is 10.7. The largest absolute Gasteiger partial charge is 0.309 e. The van der Waals surface area contributed by atoms with Crippen molar-refractivity contribution < 1.29 is 0 Å². The summed E-state index contributed by atoms with van der Waals surface area (Å²) in [6.07, 6.45) is 6.23. The van der Waals surface area contributed by atoms with Gasteiger partial charge >= 0.3 is 0 Å². The summed E-state index contributed by atoms with van der Waals surface area (Å²) in [6, 6.07) is 66.2. The van der Waals surface area contributed by atoms with Crippen LogP contribution in [-0.4, -0.2) is 0 Å². The van der Waals surface area contributed by atoms with Crippen LogP contribution in [0.25, 0.3) is 64.3 Å². The fourth-order valence-electron chi connectivity index (χ4n) is 8.19. The predicted octanol–water partition coefficient (Wildman–Crippen LogP) is 14.8. The monoisotopic (exact) mass is 766 g/mol. The average Bonchev–Trinajstić information content (AvgIpc) is 3.83. The van der Waals surface area contributed by atoms with Gasteiger partial charge in [0.1, 0.15) is 0 Å². The molecule has 0 aliphatic heterocycles. The molecule has 2 aromatic heterocycles. The third-order valence-corrected chi connectivity index (χ3v) is 13.2. The maximum atomic E-state index is 4.04. The summed E-state index contributed by atoms with van der Waals surface area (Å²) >= 11 is 3.68. The zero-order chi connectivity index (χ0) is 38.3. The number of anilines is 6. The number of hydrogen-bond acceptors (Lipinski definition) is 4. The molecule has 0 fully saturated rings. The molecular weight excluding hydrogens is 729 g/mol.